The van der Waals surface area contributed by atoms with Crippen LogP contribution in [0.3, 0.4) is 0 Å². The van der Waals surface area contributed by atoms with Crippen molar-refractivity contribution in [2.24, 2.45) is 4.99 Å². The average Bonchev–Trinajstić information content (AvgIpc) is 2.90. The number of carbonyl (C=O) groups is 1. The van der Waals surface area contributed by atoms with E-state index in [0.717, 1.165) is 22.4 Å². The van der Waals surface area contributed by atoms with Gasteiger partial charge in [0.2, 0.25) is 0 Å². The van der Waals surface area contributed by atoms with Gasteiger partial charge in [-0.15, -0.1) is 0 Å². The van der Waals surface area contributed by atoms with Crippen LogP contribution in [0.5, 0.6) is 0 Å². The Morgan fingerprint density at radius 1 is 0.971 bits per heavy atom. The molecule has 34 heavy (non-hydrogen) atoms. The van der Waals surface area contributed by atoms with Gasteiger partial charge in [0.15, 0.2) is 0 Å². The summed E-state index contributed by atoms with van der Waals surface area (Å²) in [7, 11) is 1.78. The lowest BCUT2D eigenvalue weighted by atomic mass is 9.89. The van der Waals surface area contributed by atoms with E-state index in [1.54, 1.807) is 30.1 Å². The third-order valence-corrected chi connectivity index (χ3v) is 6.70. The van der Waals surface area contributed by atoms with E-state index >= 15 is 0 Å². The van der Waals surface area contributed by atoms with Crippen molar-refractivity contribution in [3.63, 3.8) is 0 Å². The second kappa shape index (κ2) is 9.71. The number of rotatable bonds is 5. The number of carbonyl (C=O) groups excluding carboxylic acids is 1. The van der Waals surface area contributed by atoms with Crippen LogP contribution in [-0.2, 0) is 11.2 Å². The zero-order valence-electron chi connectivity index (χ0n) is 20.3. The molecule has 1 aliphatic rings. The van der Waals surface area contributed by atoms with Crippen LogP contribution in [0.25, 0.3) is 0 Å². The molecule has 176 valence electrons. The molecule has 0 fully saturated rings. The van der Waals surface area contributed by atoms with E-state index in [-0.39, 0.29) is 11.7 Å². The highest BCUT2D eigenvalue weighted by Gasteiger charge is 2.31. The molecular weight excluding hydrogens is 447 g/mol. The molecule has 0 radical (unpaired) electrons. The number of amides is 1. The number of likely N-dealkylation sites (N-methyl/N-ethyl adjacent to an activating group) is 1. The molecule has 5 heteroatoms. The first kappa shape index (κ1) is 24.2. The van der Waals surface area contributed by atoms with Gasteiger partial charge in [0.1, 0.15) is 11.9 Å². The van der Waals surface area contributed by atoms with Gasteiger partial charge in [-0.1, -0.05) is 57.5 Å². The summed E-state index contributed by atoms with van der Waals surface area (Å²) in [6.07, 6.45) is 0.490. The summed E-state index contributed by atoms with van der Waals surface area (Å²) < 4.78 is 13.7. The molecule has 0 bridgehead atoms. The minimum atomic E-state index is -0.615. The second-order valence-corrected chi connectivity index (χ2v) is 9.97. The normalized spacial score (nSPS) is 16.0. The van der Waals surface area contributed by atoms with Crippen molar-refractivity contribution < 1.29 is 9.18 Å². The molecule has 0 saturated heterocycles. The third-order valence-electron chi connectivity index (χ3n) is 6.46. The first-order valence-corrected chi connectivity index (χ1v) is 12.1. The highest BCUT2D eigenvalue weighted by atomic mass is 35.5. The molecule has 0 aliphatic carbocycles. The van der Waals surface area contributed by atoms with E-state index in [1.165, 1.54) is 23.3 Å². The number of aliphatic imine (C=N–C) groups is 1. The van der Waals surface area contributed by atoms with Crippen LogP contribution in [0, 0.1) is 5.82 Å². The van der Waals surface area contributed by atoms with Crippen molar-refractivity contribution in [3.8, 4) is 0 Å². The molecule has 0 spiro atoms. The van der Waals surface area contributed by atoms with Crippen molar-refractivity contribution in [1.29, 1.82) is 0 Å². The molecule has 1 unspecified atom stereocenters. The molecule has 0 saturated carbocycles. The second-order valence-electron chi connectivity index (χ2n) is 9.53. The van der Waals surface area contributed by atoms with Crippen molar-refractivity contribution in [2.75, 3.05) is 11.9 Å². The van der Waals surface area contributed by atoms with Crippen LogP contribution in [0.1, 0.15) is 67.3 Å². The van der Waals surface area contributed by atoms with Gasteiger partial charge in [-0.2, -0.15) is 0 Å². The van der Waals surface area contributed by atoms with Gasteiger partial charge in [-0.3, -0.25) is 9.79 Å². The van der Waals surface area contributed by atoms with E-state index in [9.17, 15) is 9.18 Å². The fraction of sp³-hybridized carbons (Fsp3) is 0.310. The largest absolute Gasteiger partial charge is 0.313 e. The Hall–Kier alpha value is -2.98. The summed E-state index contributed by atoms with van der Waals surface area (Å²) in [5.74, 6) is 0.315. The maximum absolute atomic E-state index is 13.7. The number of anilines is 1. The van der Waals surface area contributed by atoms with E-state index < -0.39 is 6.04 Å². The van der Waals surface area contributed by atoms with E-state index in [1.807, 2.05) is 12.1 Å². The standard InChI is InChI=1S/C29H30ClFN2O/c1-17(2)20-8-12-24(18(3)4)21(14-20)15-26-29(34)33(5)27-13-9-22(30)16-25(27)28(32-26)19-6-10-23(31)11-7-19/h6-14,16-18,26H,15H2,1-5H3. The molecule has 3 aromatic carbocycles. The van der Waals surface area contributed by atoms with Gasteiger partial charge in [0, 0.05) is 29.6 Å². The highest BCUT2D eigenvalue weighted by molar-refractivity contribution is 6.32. The number of hydrogen-bond donors (Lipinski definition) is 0. The summed E-state index contributed by atoms with van der Waals surface area (Å²) in [6, 6.07) is 17.6. The number of halogens is 2. The summed E-state index contributed by atoms with van der Waals surface area (Å²) in [5.41, 5.74) is 6.50. The Bertz CT molecular complexity index is 1250. The van der Waals surface area contributed by atoms with Gasteiger partial charge >= 0.3 is 0 Å². The smallest absolute Gasteiger partial charge is 0.251 e. The number of benzene rings is 3. The van der Waals surface area contributed by atoms with Gasteiger partial charge in [-0.05, 0) is 71.0 Å². The van der Waals surface area contributed by atoms with Crippen molar-refractivity contribution in [1.82, 2.24) is 0 Å². The van der Waals surface area contributed by atoms with Crippen LogP contribution >= 0.6 is 11.6 Å². The Morgan fingerprint density at radius 2 is 1.68 bits per heavy atom. The van der Waals surface area contributed by atoms with Crippen LogP contribution in [0.15, 0.2) is 65.7 Å². The molecule has 4 rings (SSSR count). The van der Waals surface area contributed by atoms with Gasteiger partial charge in [0.25, 0.3) is 5.91 Å². The fourth-order valence-electron chi connectivity index (χ4n) is 4.52. The lowest BCUT2D eigenvalue weighted by Gasteiger charge is -2.22. The van der Waals surface area contributed by atoms with Crippen LogP contribution in [0.4, 0.5) is 10.1 Å². The van der Waals surface area contributed by atoms with Crippen molar-refractivity contribution in [3.05, 3.63) is 99.3 Å². The zero-order valence-corrected chi connectivity index (χ0v) is 21.0. The highest BCUT2D eigenvalue weighted by Crippen LogP contribution is 2.32. The topological polar surface area (TPSA) is 32.7 Å². The van der Waals surface area contributed by atoms with Crippen LogP contribution < -0.4 is 4.90 Å². The lowest BCUT2D eigenvalue weighted by Crippen LogP contribution is -2.36. The molecule has 0 N–H and O–H groups in total. The maximum Gasteiger partial charge on any atom is 0.251 e. The van der Waals surface area contributed by atoms with Gasteiger partial charge in [-0.25, -0.2) is 4.39 Å². The van der Waals surface area contributed by atoms with Gasteiger partial charge in [0.05, 0.1) is 11.4 Å². The quantitative estimate of drug-likeness (QED) is 0.384. The Labute approximate surface area is 206 Å². The summed E-state index contributed by atoms with van der Waals surface area (Å²) >= 11 is 6.34. The summed E-state index contributed by atoms with van der Waals surface area (Å²) in [5, 5.41) is 0.555. The monoisotopic (exact) mass is 476 g/mol. The molecule has 3 aromatic rings. The number of benzodiazepines with no additional fused rings is 1. The van der Waals surface area contributed by atoms with Crippen molar-refractivity contribution >= 4 is 28.9 Å². The fourth-order valence-corrected chi connectivity index (χ4v) is 4.69. The molecule has 1 heterocycles. The molecule has 1 atom stereocenters. The average molecular weight is 477 g/mol. The minimum absolute atomic E-state index is 0.0784. The predicted octanol–water partition coefficient (Wildman–Crippen LogP) is 7.15. The molecule has 1 aliphatic heterocycles. The Balaban J connectivity index is 1.87. The Morgan fingerprint density at radius 3 is 2.32 bits per heavy atom. The van der Waals surface area contributed by atoms with E-state index in [0.29, 0.717) is 29.0 Å². The lowest BCUT2D eigenvalue weighted by molar-refractivity contribution is -0.119. The molecule has 1 amide bonds. The zero-order chi connectivity index (χ0) is 24.6. The van der Waals surface area contributed by atoms with Gasteiger partial charge < -0.3 is 4.90 Å². The molecule has 3 nitrogen and oxygen atoms in total. The Kier molecular flexibility index (Phi) is 6.90. The SMILES string of the molecule is CC(C)c1ccc(C(C)C)c(CC2N=C(c3ccc(F)cc3)c3cc(Cl)ccc3N(C)C2=O)c1. The number of nitrogens with zero attached hydrogens (tertiary/aromatic N) is 2. The molecule has 0 aromatic heterocycles. The minimum Gasteiger partial charge on any atom is -0.313 e. The van der Waals surface area contributed by atoms with Crippen LogP contribution in [0.2, 0.25) is 5.02 Å². The predicted molar refractivity (Wildman–Crippen MR) is 139 cm³/mol. The van der Waals surface area contributed by atoms with E-state index in [4.69, 9.17) is 16.6 Å². The van der Waals surface area contributed by atoms with Crippen LogP contribution in [-0.4, -0.2) is 24.7 Å². The molecular formula is C29H30ClFN2O. The summed E-state index contributed by atoms with van der Waals surface area (Å²) in [4.78, 5) is 20.3. The van der Waals surface area contributed by atoms with E-state index in [2.05, 4.69) is 45.9 Å². The summed E-state index contributed by atoms with van der Waals surface area (Å²) in [6.45, 7) is 8.67. The first-order chi connectivity index (χ1) is 16.2. The number of fused-ring (bicyclic) bond motifs is 1. The third kappa shape index (κ3) is 4.78. The van der Waals surface area contributed by atoms with Crippen molar-refractivity contribution in [2.45, 2.75) is 52.0 Å². The number of hydrogen-bond acceptors (Lipinski definition) is 2. The maximum atomic E-state index is 13.7. The first-order valence-electron chi connectivity index (χ1n) is 11.7.